The molecule has 1 saturated carbocycles. The minimum absolute atomic E-state index is 0.0511. The van der Waals surface area contributed by atoms with Crippen LogP contribution in [0.25, 0.3) is 28.0 Å². The molecule has 0 bridgehead atoms. The summed E-state index contributed by atoms with van der Waals surface area (Å²) in [6.07, 6.45) is 5.71. The summed E-state index contributed by atoms with van der Waals surface area (Å²) < 4.78 is 1.22. The van der Waals surface area contributed by atoms with Crippen molar-refractivity contribution in [2.24, 2.45) is 0 Å². The Hall–Kier alpha value is -2.63. The largest absolute Gasteiger partial charge is 0.398 e. The third-order valence-electron chi connectivity index (χ3n) is 5.71. The van der Waals surface area contributed by atoms with Gasteiger partial charge in [-0.2, -0.15) is 10.4 Å². The lowest BCUT2D eigenvalue weighted by Gasteiger charge is -2.47. The van der Waals surface area contributed by atoms with Crippen LogP contribution < -0.4 is 0 Å². The minimum Gasteiger partial charge on any atom is -0.398 e. The number of hydrogen-bond donors (Lipinski definition) is 3. The molecule has 14 heteroatoms. The van der Waals surface area contributed by atoms with E-state index in [0.717, 1.165) is 5.39 Å². The van der Waals surface area contributed by atoms with E-state index in [9.17, 15) is 15.5 Å². The zero-order valence-electron chi connectivity index (χ0n) is 16.2. The number of allylic oxidation sites excluding steroid dienone is 1. The number of rotatable bonds is 3. The van der Waals surface area contributed by atoms with E-state index in [1.807, 2.05) is 6.07 Å². The van der Waals surface area contributed by atoms with Gasteiger partial charge >= 0.3 is 0 Å². The van der Waals surface area contributed by atoms with Crippen LogP contribution in [0.2, 0.25) is 10.4 Å². The Kier molecular flexibility index (Phi) is 4.65. The lowest BCUT2D eigenvalue weighted by Crippen LogP contribution is -2.58. The summed E-state index contributed by atoms with van der Waals surface area (Å²) in [6.45, 7) is 0. The molecule has 0 amide bonds. The van der Waals surface area contributed by atoms with Crippen molar-refractivity contribution >= 4 is 63.8 Å². The summed E-state index contributed by atoms with van der Waals surface area (Å²) in [6, 6.07) is 3.71. The topological polar surface area (TPSA) is 124 Å². The van der Waals surface area contributed by atoms with Crippen molar-refractivity contribution in [3.05, 3.63) is 36.6 Å². The molecule has 0 aliphatic heterocycles. The smallest absolute Gasteiger partial charge is 0.141 e. The Morgan fingerprint density at radius 1 is 1.16 bits per heavy atom. The highest BCUT2D eigenvalue weighted by atomic mass is 16.3. The third kappa shape index (κ3) is 2.73. The fourth-order valence-electron chi connectivity index (χ4n) is 3.86. The number of nitrogens with zero attached hydrogens (tertiary/aromatic N) is 5. The Labute approximate surface area is 186 Å². The molecular weight excluding hydrogens is 385 g/mol. The number of H-pyrrole nitrogens is 1. The number of aromatic nitrogens is 5. The van der Waals surface area contributed by atoms with E-state index in [2.05, 4.69) is 20.1 Å². The Morgan fingerprint density at radius 3 is 2.48 bits per heavy atom. The summed E-state index contributed by atoms with van der Waals surface area (Å²) in [5, 5.41) is 31.1. The van der Waals surface area contributed by atoms with Crippen molar-refractivity contribution in [2.45, 2.75) is 27.8 Å². The van der Waals surface area contributed by atoms with Gasteiger partial charge in [0.15, 0.2) is 0 Å². The number of fused-ring (bicyclic) bond motifs is 1. The molecular formula is C17H10B6N6O2. The monoisotopic (exact) mass is 396 g/mol. The predicted molar refractivity (Wildman–Crippen MR) is 118 cm³/mol. The number of hydrogen-bond acceptors (Lipinski definition) is 6. The summed E-state index contributed by atoms with van der Waals surface area (Å²) in [7, 11) is 35.7. The summed E-state index contributed by atoms with van der Waals surface area (Å²) in [5.41, 5.74) is -4.36. The van der Waals surface area contributed by atoms with E-state index in [-0.39, 0.29) is 12.1 Å². The highest BCUT2D eigenvalue weighted by Gasteiger charge is 2.66. The second-order valence-electron chi connectivity index (χ2n) is 7.56. The first-order chi connectivity index (χ1) is 14.4. The molecule has 0 aromatic carbocycles. The molecule has 3 N–H and O–H groups in total. The van der Waals surface area contributed by atoms with Crippen molar-refractivity contribution in [1.29, 1.82) is 5.26 Å². The van der Waals surface area contributed by atoms with Crippen LogP contribution in [0.15, 0.2) is 36.6 Å². The summed E-state index contributed by atoms with van der Waals surface area (Å²) in [5.74, 6) is 0. The van der Waals surface area contributed by atoms with Crippen LogP contribution in [0, 0.1) is 11.3 Å². The zero-order valence-corrected chi connectivity index (χ0v) is 16.2. The maximum Gasteiger partial charge on any atom is 0.141 e. The second kappa shape index (κ2) is 6.68. The van der Waals surface area contributed by atoms with Crippen molar-refractivity contribution in [3.8, 4) is 17.3 Å². The van der Waals surface area contributed by atoms with Crippen LogP contribution in [0.3, 0.4) is 0 Å². The van der Waals surface area contributed by atoms with Crippen LogP contribution in [0.4, 0.5) is 0 Å². The van der Waals surface area contributed by atoms with Gasteiger partial charge in [-0.05, 0) is 11.6 Å². The second-order valence-corrected chi connectivity index (χ2v) is 7.56. The molecule has 3 aromatic rings. The molecule has 8 nitrogen and oxygen atoms in total. The van der Waals surface area contributed by atoms with Gasteiger partial charge in [0.05, 0.1) is 67.0 Å². The van der Waals surface area contributed by atoms with E-state index < -0.39 is 27.0 Å². The van der Waals surface area contributed by atoms with Crippen molar-refractivity contribution in [2.75, 3.05) is 0 Å². The van der Waals surface area contributed by atoms with Gasteiger partial charge in [0.1, 0.15) is 27.7 Å². The third-order valence-corrected chi connectivity index (χ3v) is 5.71. The van der Waals surface area contributed by atoms with Gasteiger partial charge in [-0.1, -0.05) is 10.4 Å². The van der Waals surface area contributed by atoms with Crippen LogP contribution in [-0.2, 0) is 0 Å². The first-order valence-electron chi connectivity index (χ1n) is 9.00. The van der Waals surface area contributed by atoms with Crippen molar-refractivity contribution in [3.63, 3.8) is 0 Å². The average Bonchev–Trinajstić information content (AvgIpc) is 3.37. The maximum absolute atomic E-state index is 10.9. The van der Waals surface area contributed by atoms with Gasteiger partial charge in [-0.25, -0.2) is 14.6 Å². The fraction of sp³-hybridized carbons (Fsp3) is 0.294. The molecule has 31 heavy (non-hydrogen) atoms. The zero-order chi connectivity index (χ0) is 22.8. The Balaban J connectivity index is 1.95. The van der Waals surface area contributed by atoms with Gasteiger partial charge in [0.25, 0.3) is 0 Å². The van der Waals surface area contributed by atoms with E-state index in [0.29, 0.717) is 16.9 Å². The van der Waals surface area contributed by atoms with Gasteiger partial charge in [0.2, 0.25) is 0 Å². The van der Waals surface area contributed by atoms with E-state index in [1.165, 1.54) is 23.4 Å². The minimum atomic E-state index is -2.83. The van der Waals surface area contributed by atoms with Gasteiger partial charge < -0.3 is 15.2 Å². The van der Waals surface area contributed by atoms with Gasteiger partial charge in [0, 0.05) is 28.8 Å². The van der Waals surface area contributed by atoms with E-state index in [4.69, 9.17) is 47.1 Å². The normalized spacial score (nSPS) is 28.4. The maximum atomic E-state index is 10.9. The van der Waals surface area contributed by atoms with Crippen molar-refractivity contribution < 1.29 is 10.2 Å². The molecule has 4 rings (SSSR count). The SMILES string of the molecule is [B]C1([B])/C(=C(/CC#N)n2cc(-c3ncnc4[nH]ccc34)cn2)C([B])(O)C([B])(O)C1([B])[B]. The summed E-state index contributed by atoms with van der Waals surface area (Å²) >= 11 is 0. The molecule has 12 radical (unpaired) electrons. The van der Waals surface area contributed by atoms with E-state index in [1.54, 1.807) is 12.3 Å². The van der Waals surface area contributed by atoms with Gasteiger partial charge in [-0.3, -0.25) is 0 Å². The molecule has 138 valence electrons. The number of nitrogens with one attached hydrogen (secondary N) is 1. The highest BCUT2D eigenvalue weighted by molar-refractivity contribution is 6.61. The van der Waals surface area contributed by atoms with Crippen LogP contribution in [0.1, 0.15) is 6.42 Å². The molecule has 3 heterocycles. The number of aliphatic hydroxyl groups is 2. The molecule has 1 fully saturated rings. The highest BCUT2D eigenvalue weighted by Crippen LogP contribution is 2.67. The fourth-order valence-corrected chi connectivity index (χ4v) is 3.86. The lowest BCUT2D eigenvalue weighted by atomic mass is 9.26. The first kappa shape index (κ1) is 21.6. The summed E-state index contributed by atoms with van der Waals surface area (Å²) in [4.78, 5) is 11.4. The Morgan fingerprint density at radius 2 is 1.87 bits per heavy atom. The van der Waals surface area contributed by atoms with Crippen LogP contribution >= 0.6 is 0 Å². The molecule has 0 saturated heterocycles. The van der Waals surface area contributed by atoms with E-state index >= 15 is 0 Å². The molecule has 2 atom stereocenters. The molecule has 0 spiro atoms. The quantitative estimate of drug-likeness (QED) is 0.468. The lowest BCUT2D eigenvalue weighted by molar-refractivity contribution is -0.00999. The van der Waals surface area contributed by atoms with Crippen LogP contribution in [-0.4, -0.2) is 93.0 Å². The molecule has 3 aromatic heterocycles. The molecule has 1 aliphatic rings. The van der Waals surface area contributed by atoms with Crippen LogP contribution in [0.5, 0.6) is 0 Å². The Bertz CT molecular complexity index is 1230. The van der Waals surface area contributed by atoms with Gasteiger partial charge in [-0.15, -0.1) is 0 Å². The average molecular weight is 395 g/mol. The predicted octanol–water partition coefficient (Wildman–Crippen LogP) is -1.42. The molecule has 1 aliphatic carbocycles. The first-order valence-corrected chi connectivity index (χ1v) is 9.00. The number of aromatic amines is 1. The number of nitriles is 1. The standard InChI is InChI=1S/C17H10B6N6O2/c18-14(19)12(15(20,30)17(23,31)16(14,21)22)10(1-3-24)29-6-8(5-28-29)11-9-2-4-25-13(9)27-7-26-11/h2,4-7,30-31H,1H2,(H,25,26,27)/b12-10+. The molecule has 2 unspecified atom stereocenters. The van der Waals surface area contributed by atoms with Crippen molar-refractivity contribution in [1.82, 2.24) is 24.7 Å².